The van der Waals surface area contributed by atoms with Crippen molar-refractivity contribution in [3.63, 3.8) is 0 Å². The topological polar surface area (TPSA) is 49.4 Å². The van der Waals surface area contributed by atoms with Gasteiger partial charge in [0.05, 0.1) is 0 Å². The first-order valence-electron chi connectivity index (χ1n) is 6.50. The third-order valence-electron chi connectivity index (χ3n) is 3.42. The van der Waals surface area contributed by atoms with E-state index in [-0.39, 0.29) is 6.04 Å². The molecule has 110 valence electrons. The Kier molecular flexibility index (Phi) is 4.86. The number of halogens is 1. The predicted octanol–water partition coefficient (Wildman–Crippen LogP) is 2.18. The van der Waals surface area contributed by atoms with Crippen LogP contribution in [0.2, 0.25) is 5.02 Å². The number of sulfonamides is 1. The first-order valence-corrected chi connectivity index (χ1v) is 8.43. The summed E-state index contributed by atoms with van der Waals surface area (Å²) in [7, 11) is -1.43. The van der Waals surface area contributed by atoms with E-state index >= 15 is 0 Å². The number of hydrogen-bond acceptors (Lipinski definition) is 3. The number of likely N-dealkylation sites (tertiary alicyclic amines) is 1. The average molecular weight is 315 g/mol. The Morgan fingerprint density at radius 2 is 1.95 bits per heavy atom. The van der Waals surface area contributed by atoms with Gasteiger partial charge in [0.1, 0.15) is 0 Å². The van der Waals surface area contributed by atoms with Gasteiger partial charge in [-0.15, -0.1) is 0 Å². The van der Waals surface area contributed by atoms with Crippen molar-refractivity contribution < 1.29 is 8.42 Å². The SMILES string of the molecule is CC1CN(C)CC1NS(=O)(=O)/C=C/c1ccc(Cl)cc1. The maximum Gasteiger partial charge on any atom is 0.234 e. The summed E-state index contributed by atoms with van der Waals surface area (Å²) in [5.41, 5.74) is 0.802. The molecule has 0 radical (unpaired) electrons. The van der Waals surface area contributed by atoms with E-state index in [2.05, 4.69) is 16.5 Å². The molecule has 1 aromatic carbocycles. The zero-order valence-electron chi connectivity index (χ0n) is 11.6. The van der Waals surface area contributed by atoms with Crippen LogP contribution in [-0.2, 0) is 10.0 Å². The van der Waals surface area contributed by atoms with Gasteiger partial charge in [-0.25, -0.2) is 13.1 Å². The zero-order chi connectivity index (χ0) is 14.8. The third kappa shape index (κ3) is 4.31. The second kappa shape index (κ2) is 6.26. The Bertz CT molecular complexity index is 584. The standard InChI is InChI=1S/C14H19ClN2O2S/c1-11-9-17(2)10-14(11)16-20(18,19)8-7-12-3-5-13(15)6-4-12/h3-8,11,14,16H,9-10H2,1-2H3/b8-7+. The minimum absolute atomic E-state index is 0.0279. The molecule has 0 amide bonds. The number of rotatable bonds is 4. The molecule has 1 aromatic rings. The molecule has 4 nitrogen and oxygen atoms in total. The molecule has 2 rings (SSSR count). The highest BCUT2D eigenvalue weighted by Gasteiger charge is 2.29. The van der Waals surface area contributed by atoms with E-state index in [9.17, 15) is 8.42 Å². The smallest absolute Gasteiger partial charge is 0.234 e. The van der Waals surface area contributed by atoms with Gasteiger partial charge in [-0.2, -0.15) is 0 Å². The number of benzene rings is 1. The predicted molar refractivity (Wildman–Crippen MR) is 83.0 cm³/mol. The molecule has 0 saturated carbocycles. The first kappa shape index (κ1) is 15.5. The summed E-state index contributed by atoms with van der Waals surface area (Å²) in [5, 5.41) is 1.84. The highest BCUT2D eigenvalue weighted by atomic mass is 35.5. The first-order chi connectivity index (χ1) is 9.35. The number of nitrogens with zero attached hydrogens (tertiary/aromatic N) is 1. The summed E-state index contributed by atoms with van der Waals surface area (Å²) in [6.07, 6.45) is 1.57. The average Bonchev–Trinajstić information content (AvgIpc) is 2.66. The molecule has 20 heavy (non-hydrogen) atoms. The van der Waals surface area contributed by atoms with Gasteiger partial charge in [-0.05, 0) is 36.7 Å². The van der Waals surface area contributed by atoms with E-state index < -0.39 is 10.0 Å². The summed E-state index contributed by atoms with van der Waals surface area (Å²) in [5.74, 6) is 0.318. The van der Waals surface area contributed by atoms with E-state index in [0.717, 1.165) is 18.7 Å². The molecule has 0 bridgehead atoms. The van der Waals surface area contributed by atoms with E-state index in [0.29, 0.717) is 10.9 Å². The Morgan fingerprint density at radius 3 is 2.50 bits per heavy atom. The second-order valence-electron chi connectivity index (χ2n) is 5.32. The molecule has 6 heteroatoms. The van der Waals surface area contributed by atoms with Gasteiger partial charge in [0.2, 0.25) is 10.0 Å². The molecular formula is C14H19ClN2O2S. The van der Waals surface area contributed by atoms with Crippen molar-refractivity contribution in [2.45, 2.75) is 13.0 Å². The van der Waals surface area contributed by atoms with Crippen LogP contribution < -0.4 is 4.72 Å². The minimum atomic E-state index is -3.42. The van der Waals surface area contributed by atoms with Gasteiger partial charge in [-0.1, -0.05) is 30.7 Å². The van der Waals surface area contributed by atoms with Crippen LogP contribution in [0.3, 0.4) is 0 Å². The van der Waals surface area contributed by atoms with Crippen molar-refractivity contribution >= 4 is 27.7 Å². The fourth-order valence-corrected chi connectivity index (χ4v) is 3.62. The molecule has 0 spiro atoms. The van der Waals surface area contributed by atoms with Crippen LogP contribution in [0.5, 0.6) is 0 Å². The molecular weight excluding hydrogens is 296 g/mol. The fraction of sp³-hybridized carbons (Fsp3) is 0.429. The van der Waals surface area contributed by atoms with Crippen molar-refractivity contribution in [3.05, 3.63) is 40.3 Å². The lowest BCUT2D eigenvalue weighted by atomic mass is 10.1. The van der Waals surface area contributed by atoms with Gasteiger partial charge in [0.25, 0.3) is 0 Å². The van der Waals surface area contributed by atoms with E-state index in [1.807, 2.05) is 7.05 Å². The highest BCUT2D eigenvalue weighted by molar-refractivity contribution is 7.92. The summed E-state index contributed by atoms with van der Waals surface area (Å²) in [6, 6.07) is 6.99. The lowest BCUT2D eigenvalue weighted by Gasteiger charge is -2.14. The molecule has 2 atom stereocenters. The minimum Gasteiger partial charge on any atom is -0.304 e. The monoisotopic (exact) mass is 314 g/mol. The largest absolute Gasteiger partial charge is 0.304 e. The zero-order valence-corrected chi connectivity index (χ0v) is 13.2. The van der Waals surface area contributed by atoms with Gasteiger partial charge >= 0.3 is 0 Å². The summed E-state index contributed by atoms with van der Waals surface area (Å²) in [4.78, 5) is 2.13. The van der Waals surface area contributed by atoms with E-state index in [1.165, 1.54) is 5.41 Å². The van der Waals surface area contributed by atoms with Gasteiger partial charge in [0, 0.05) is 29.6 Å². The summed E-state index contributed by atoms with van der Waals surface area (Å²) >= 11 is 5.79. The highest BCUT2D eigenvalue weighted by Crippen LogP contribution is 2.16. The second-order valence-corrected chi connectivity index (χ2v) is 7.36. The van der Waals surface area contributed by atoms with Crippen LogP contribution in [0.25, 0.3) is 6.08 Å². The number of hydrogen-bond donors (Lipinski definition) is 1. The van der Waals surface area contributed by atoms with Gasteiger partial charge in [-0.3, -0.25) is 0 Å². The van der Waals surface area contributed by atoms with Crippen LogP contribution in [0.15, 0.2) is 29.7 Å². The molecule has 0 aliphatic carbocycles. The van der Waals surface area contributed by atoms with Crippen LogP contribution >= 0.6 is 11.6 Å². The third-order valence-corrected chi connectivity index (χ3v) is 4.80. The van der Waals surface area contributed by atoms with E-state index in [4.69, 9.17) is 11.6 Å². The summed E-state index contributed by atoms with van der Waals surface area (Å²) in [6.45, 7) is 3.71. The van der Waals surface area contributed by atoms with Crippen molar-refractivity contribution in [2.24, 2.45) is 5.92 Å². The molecule has 1 aliphatic rings. The molecule has 1 saturated heterocycles. The molecule has 1 N–H and O–H groups in total. The molecule has 0 aromatic heterocycles. The lowest BCUT2D eigenvalue weighted by Crippen LogP contribution is -2.38. The van der Waals surface area contributed by atoms with Crippen molar-refractivity contribution in [2.75, 3.05) is 20.1 Å². The molecule has 1 heterocycles. The molecule has 1 aliphatic heterocycles. The number of nitrogens with one attached hydrogen (secondary N) is 1. The van der Waals surface area contributed by atoms with Crippen molar-refractivity contribution in [3.8, 4) is 0 Å². The van der Waals surface area contributed by atoms with Crippen LogP contribution in [0, 0.1) is 5.92 Å². The van der Waals surface area contributed by atoms with Crippen molar-refractivity contribution in [1.29, 1.82) is 0 Å². The Labute approximate surface area is 125 Å². The maximum atomic E-state index is 12.0. The summed E-state index contributed by atoms with van der Waals surface area (Å²) < 4.78 is 26.8. The van der Waals surface area contributed by atoms with Crippen LogP contribution in [-0.4, -0.2) is 39.5 Å². The van der Waals surface area contributed by atoms with Gasteiger partial charge < -0.3 is 4.90 Å². The van der Waals surface area contributed by atoms with Crippen LogP contribution in [0.4, 0.5) is 0 Å². The Morgan fingerprint density at radius 1 is 1.30 bits per heavy atom. The van der Waals surface area contributed by atoms with E-state index in [1.54, 1.807) is 30.3 Å². The normalized spacial score (nSPS) is 24.6. The quantitative estimate of drug-likeness (QED) is 0.926. The van der Waals surface area contributed by atoms with Crippen molar-refractivity contribution in [1.82, 2.24) is 9.62 Å². The van der Waals surface area contributed by atoms with Crippen LogP contribution in [0.1, 0.15) is 12.5 Å². The molecule has 1 fully saturated rings. The Hall–Kier alpha value is -0.880. The molecule has 2 unspecified atom stereocenters. The van der Waals surface area contributed by atoms with Gasteiger partial charge in [0.15, 0.2) is 0 Å². The maximum absolute atomic E-state index is 12.0. The lowest BCUT2D eigenvalue weighted by molar-refractivity contribution is 0.400. The number of likely N-dealkylation sites (N-methyl/N-ethyl adjacent to an activating group) is 1. The fourth-order valence-electron chi connectivity index (χ4n) is 2.35. The Balaban J connectivity index is 2.02.